The van der Waals surface area contributed by atoms with Crippen LogP contribution >= 0.6 is 23.5 Å². The van der Waals surface area contributed by atoms with Crippen LogP contribution in [0.2, 0.25) is 0 Å². The molecule has 0 aliphatic rings. The molecule has 0 rings (SSSR count). The normalized spacial score (nSPS) is 10.2. The maximum atomic E-state index is 10.9. The summed E-state index contributed by atoms with van der Waals surface area (Å²) >= 11 is 2.29. The summed E-state index contributed by atoms with van der Waals surface area (Å²) in [4.78, 5) is 44.8. The number of hydrogen-bond acceptors (Lipinski definition) is 9. The van der Waals surface area contributed by atoms with Crippen LogP contribution in [0.4, 0.5) is 0 Å². The molecule has 0 aliphatic carbocycles. The number of ether oxygens (including phenoxy) is 1. The predicted octanol–water partition coefficient (Wildman–Crippen LogP) is 3.19. The Kier molecular flexibility index (Phi) is 27.2. The van der Waals surface area contributed by atoms with Crippen molar-refractivity contribution in [1.29, 1.82) is 0 Å². The van der Waals surface area contributed by atoms with Crippen molar-refractivity contribution in [2.75, 3.05) is 53.9 Å². The highest BCUT2D eigenvalue weighted by Gasteiger charge is 2.17. The Morgan fingerprint density at radius 2 is 1.00 bits per heavy atom. The SMILES string of the molecule is CCOCC.CSC(=O)C#CC(C)(C)N(C)C.CSC(=O)C#CC(C)(C)N(C)C.O=C(O)/C=C/C(=O)O. The Labute approximate surface area is 231 Å². The van der Waals surface area contributed by atoms with Gasteiger partial charge in [-0.25, -0.2) is 9.59 Å². The average Bonchev–Trinajstić information content (AvgIpc) is 2.81. The van der Waals surface area contributed by atoms with E-state index in [0.29, 0.717) is 12.2 Å². The number of rotatable bonds is 6. The van der Waals surface area contributed by atoms with Crippen LogP contribution in [0.25, 0.3) is 0 Å². The van der Waals surface area contributed by atoms with Gasteiger partial charge in [0.05, 0.1) is 11.1 Å². The topological polar surface area (TPSA) is 124 Å². The fourth-order valence-electron chi connectivity index (χ4n) is 1.08. The average molecular weight is 561 g/mol. The van der Waals surface area contributed by atoms with Gasteiger partial charge in [0.2, 0.25) is 0 Å². The first-order valence-electron chi connectivity index (χ1n) is 11.1. The minimum Gasteiger partial charge on any atom is -0.478 e. The van der Waals surface area contributed by atoms with Gasteiger partial charge in [-0.1, -0.05) is 35.4 Å². The van der Waals surface area contributed by atoms with Crippen molar-refractivity contribution in [3.05, 3.63) is 12.2 Å². The molecule has 0 radical (unpaired) electrons. The molecule has 0 aromatic rings. The first kappa shape index (κ1) is 41.8. The summed E-state index contributed by atoms with van der Waals surface area (Å²) in [6.45, 7) is 13.6. The molecule has 0 unspecified atom stereocenters. The van der Waals surface area contributed by atoms with E-state index in [2.05, 4.69) is 23.7 Å². The zero-order valence-corrected chi connectivity index (χ0v) is 25.8. The maximum Gasteiger partial charge on any atom is 0.328 e. The van der Waals surface area contributed by atoms with Crippen LogP contribution in [0.1, 0.15) is 41.5 Å². The van der Waals surface area contributed by atoms with Gasteiger partial charge in [-0.15, -0.1) is 0 Å². The molecule has 0 heterocycles. The molecule has 0 spiro atoms. The second kappa shape index (κ2) is 24.1. The van der Waals surface area contributed by atoms with Crippen molar-refractivity contribution < 1.29 is 34.1 Å². The molecule has 0 bridgehead atoms. The Hall–Kier alpha value is -2.28. The summed E-state index contributed by atoms with van der Waals surface area (Å²) in [6.07, 6.45) is 4.59. The highest BCUT2D eigenvalue weighted by molar-refractivity contribution is 8.13. The molecule has 0 saturated carbocycles. The second-order valence-corrected chi connectivity index (χ2v) is 9.74. The summed E-state index contributed by atoms with van der Waals surface area (Å²) < 4.78 is 4.83. The van der Waals surface area contributed by atoms with Crippen LogP contribution in [0.5, 0.6) is 0 Å². The third-order valence-electron chi connectivity index (χ3n) is 4.32. The van der Waals surface area contributed by atoms with E-state index in [1.54, 1.807) is 12.5 Å². The number of carbonyl (C=O) groups is 4. The fraction of sp³-hybridized carbons (Fsp3) is 0.615. The van der Waals surface area contributed by atoms with E-state index < -0.39 is 11.9 Å². The lowest BCUT2D eigenvalue weighted by Gasteiger charge is -2.26. The van der Waals surface area contributed by atoms with Crippen LogP contribution in [0, 0.1) is 23.7 Å². The molecule has 0 amide bonds. The summed E-state index contributed by atoms with van der Waals surface area (Å²) in [5, 5.41) is 15.5. The van der Waals surface area contributed by atoms with E-state index in [1.807, 2.05) is 79.5 Å². The van der Waals surface area contributed by atoms with E-state index in [0.717, 1.165) is 36.7 Å². The molecule has 0 saturated heterocycles. The number of thioether (sulfide) groups is 2. The van der Waals surface area contributed by atoms with E-state index >= 15 is 0 Å². The maximum absolute atomic E-state index is 10.9. The van der Waals surface area contributed by atoms with E-state index in [4.69, 9.17) is 14.9 Å². The second-order valence-electron chi connectivity index (χ2n) is 8.18. The lowest BCUT2D eigenvalue weighted by molar-refractivity contribution is -0.134. The zero-order chi connectivity index (χ0) is 30.2. The summed E-state index contributed by atoms with van der Waals surface area (Å²) in [5.41, 5.74) is -0.462. The number of nitrogens with zero attached hydrogens (tertiary/aromatic N) is 2. The van der Waals surface area contributed by atoms with E-state index in [1.165, 1.54) is 0 Å². The number of carboxylic acids is 2. The summed E-state index contributed by atoms with van der Waals surface area (Å²) in [6, 6.07) is 0. The van der Waals surface area contributed by atoms with Gasteiger partial charge < -0.3 is 14.9 Å². The van der Waals surface area contributed by atoms with Gasteiger partial charge in [-0.2, -0.15) is 0 Å². The van der Waals surface area contributed by atoms with Crippen molar-refractivity contribution in [1.82, 2.24) is 9.80 Å². The van der Waals surface area contributed by atoms with Gasteiger partial charge in [0.1, 0.15) is 0 Å². The van der Waals surface area contributed by atoms with Crippen LogP contribution in [0.15, 0.2) is 12.2 Å². The quantitative estimate of drug-likeness (QED) is 0.368. The van der Waals surface area contributed by atoms with Crippen LogP contribution in [-0.2, 0) is 23.9 Å². The molecule has 2 N–H and O–H groups in total. The minimum atomic E-state index is -1.26. The Bertz CT molecular complexity index is 776. The minimum absolute atomic E-state index is 0.0788. The molecule has 0 atom stereocenters. The number of aliphatic carboxylic acids is 2. The molecule has 0 fully saturated rings. The van der Waals surface area contributed by atoms with Crippen molar-refractivity contribution >= 4 is 45.7 Å². The van der Waals surface area contributed by atoms with Gasteiger partial charge in [-0.3, -0.25) is 19.4 Å². The van der Waals surface area contributed by atoms with Crippen LogP contribution in [0.3, 0.4) is 0 Å². The highest BCUT2D eigenvalue weighted by atomic mass is 32.2. The fourth-order valence-corrected chi connectivity index (χ4v) is 1.39. The van der Waals surface area contributed by atoms with Gasteiger partial charge in [0, 0.05) is 25.4 Å². The monoisotopic (exact) mass is 560 g/mol. The molecular weight excluding hydrogens is 516 g/mol. The summed E-state index contributed by atoms with van der Waals surface area (Å²) in [7, 11) is 7.77. The Morgan fingerprint density at radius 1 is 0.730 bits per heavy atom. The van der Waals surface area contributed by atoms with Gasteiger partial charge >= 0.3 is 11.9 Å². The molecule has 0 aliphatic heterocycles. The van der Waals surface area contributed by atoms with Crippen LogP contribution in [-0.4, -0.2) is 107 Å². The molecular formula is C26H44N2O7S2. The molecule has 9 nitrogen and oxygen atoms in total. The lowest BCUT2D eigenvalue weighted by Crippen LogP contribution is -2.36. The largest absolute Gasteiger partial charge is 0.478 e. The smallest absolute Gasteiger partial charge is 0.328 e. The molecule has 11 heteroatoms. The molecule has 0 aromatic carbocycles. The third-order valence-corrected chi connectivity index (χ3v) is 5.27. The molecule has 0 aromatic heterocycles. The first-order chi connectivity index (χ1) is 16.8. The first-order valence-corrected chi connectivity index (χ1v) is 13.6. The van der Waals surface area contributed by atoms with Crippen molar-refractivity contribution in [2.24, 2.45) is 0 Å². The molecule has 37 heavy (non-hydrogen) atoms. The number of hydrogen-bond donors (Lipinski definition) is 2. The van der Waals surface area contributed by atoms with Crippen LogP contribution < -0.4 is 0 Å². The highest BCUT2D eigenvalue weighted by Crippen LogP contribution is 2.08. The van der Waals surface area contributed by atoms with E-state index in [-0.39, 0.29) is 21.3 Å². The lowest BCUT2D eigenvalue weighted by atomic mass is 10.1. The van der Waals surface area contributed by atoms with Crippen molar-refractivity contribution in [3.63, 3.8) is 0 Å². The number of carbonyl (C=O) groups excluding carboxylic acids is 2. The van der Waals surface area contributed by atoms with Crippen molar-refractivity contribution in [2.45, 2.75) is 52.6 Å². The Morgan fingerprint density at radius 3 is 1.14 bits per heavy atom. The van der Waals surface area contributed by atoms with Gasteiger partial charge in [-0.05, 0) is 94.1 Å². The third kappa shape index (κ3) is 31.7. The van der Waals surface area contributed by atoms with Gasteiger partial charge in [0.25, 0.3) is 10.2 Å². The van der Waals surface area contributed by atoms with Crippen molar-refractivity contribution in [3.8, 4) is 23.7 Å². The van der Waals surface area contributed by atoms with Gasteiger partial charge in [0.15, 0.2) is 0 Å². The standard InChI is InChI=1S/2C9H15NOS.C4H4O4.C4H10O/c2*1-9(2,10(3)4)7-6-8(11)12-5;5-3(6)1-2-4(7)8;1-3-5-4-2/h2*1-5H3;1-2H,(H,5,6)(H,7,8);3-4H2,1-2H3/b;;2-1+;. The predicted molar refractivity (Wildman–Crippen MR) is 155 cm³/mol. The number of carboxylic acid groups (broad SMARTS) is 2. The molecule has 212 valence electrons. The zero-order valence-electron chi connectivity index (χ0n) is 24.2. The van der Waals surface area contributed by atoms with E-state index in [9.17, 15) is 19.2 Å². The Balaban J connectivity index is -0.000000206. The summed E-state index contributed by atoms with van der Waals surface area (Å²) in [5.74, 6) is 8.49.